The summed E-state index contributed by atoms with van der Waals surface area (Å²) in [6, 6.07) is 2.94. The highest BCUT2D eigenvalue weighted by atomic mass is 19.1. The van der Waals surface area contributed by atoms with Crippen LogP contribution < -0.4 is 0 Å². The van der Waals surface area contributed by atoms with Crippen molar-refractivity contribution in [2.45, 2.75) is 43.9 Å². The Labute approximate surface area is 126 Å². The predicted octanol–water partition coefficient (Wildman–Crippen LogP) is 1.75. The van der Waals surface area contributed by atoms with E-state index in [9.17, 15) is 19.0 Å². The molecular weight excluding hydrogens is 292 g/mol. The molecule has 1 aromatic heterocycles. The number of halogens is 2. The van der Waals surface area contributed by atoms with Crippen molar-refractivity contribution < 1.29 is 19.0 Å². The summed E-state index contributed by atoms with van der Waals surface area (Å²) in [5.41, 5.74) is -0.197. The van der Waals surface area contributed by atoms with Gasteiger partial charge in [0.2, 0.25) is 0 Å². The number of rotatable bonds is 5. The number of aliphatic hydroxyl groups is 2. The Morgan fingerprint density at radius 1 is 1.32 bits per heavy atom. The molecular formula is C15H17F2N3O2. The third kappa shape index (κ3) is 3.15. The Morgan fingerprint density at radius 3 is 2.77 bits per heavy atom. The highest BCUT2D eigenvalue weighted by molar-refractivity contribution is 5.21. The third-order valence-electron chi connectivity index (χ3n) is 4.06. The minimum Gasteiger partial charge on any atom is -0.389 e. The molecule has 0 spiro atoms. The van der Waals surface area contributed by atoms with E-state index < -0.39 is 23.3 Å². The molecule has 0 saturated heterocycles. The number of aromatic nitrogens is 3. The standard InChI is InChI=1S/C15H17F2N3O2/c16-10-2-3-13(17)12(6-10)14(21)9-20-8-11(18-19-20)7-15(22)4-1-5-15/h2-3,6,8,14,21-22H,1,4-5,7,9H2. The van der Waals surface area contributed by atoms with Crippen molar-refractivity contribution in [1.82, 2.24) is 15.0 Å². The number of nitrogens with zero attached hydrogens (tertiary/aromatic N) is 3. The van der Waals surface area contributed by atoms with Crippen LogP contribution in [0, 0.1) is 11.6 Å². The van der Waals surface area contributed by atoms with E-state index in [1.54, 1.807) is 6.20 Å². The largest absolute Gasteiger partial charge is 0.389 e. The molecule has 1 fully saturated rings. The molecule has 0 aliphatic heterocycles. The third-order valence-corrected chi connectivity index (χ3v) is 4.06. The average molecular weight is 309 g/mol. The van der Waals surface area contributed by atoms with Crippen molar-refractivity contribution in [3.63, 3.8) is 0 Å². The van der Waals surface area contributed by atoms with Crippen LogP contribution in [0.15, 0.2) is 24.4 Å². The first-order valence-corrected chi connectivity index (χ1v) is 7.20. The van der Waals surface area contributed by atoms with Gasteiger partial charge in [-0.3, -0.25) is 0 Å². The van der Waals surface area contributed by atoms with Crippen molar-refractivity contribution >= 4 is 0 Å². The van der Waals surface area contributed by atoms with Gasteiger partial charge in [-0.05, 0) is 37.5 Å². The molecule has 1 heterocycles. The summed E-state index contributed by atoms with van der Waals surface area (Å²) in [6.07, 6.45) is 3.29. The van der Waals surface area contributed by atoms with E-state index >= 15 is 0 Å². The highest BCUT2D eigenvalue weighted by Crippen LogP contribution is 2.34. The Balaban J connectivity index is 1.68. The van der Waals surface area contributed by atoms with E-state index in [0.717, 1.165) is 37.5 Å². The molecule has 2 N–H and O–H groups in total. The summed E-state index contributed by atoms with van der Waals surface area (Å²) < 4.78 is 28.1. The zero-order valence-corrected chi connectivity index (χ0v) is 11.9. The SMILES string of the molecule is OC(Cn1cc(CC2(O)CCC2)nn1)c1cc(F)ccc1F. The van der Waals surface area contributed by atoms with Gasteiger partial charge >= 0.3 is 0 Å². The second-order valence-electron chi connectivity index (χ2n) is 5.87. The maximum atomic E-state index is 13.6. The Hall–Kier alpha value is -1.86. The molecule has 1 aliphatic rings. The summed E-state index contributed by atoms with van der Waals surface area (Å²) in [7, 11) is 0. The molecule has 0 amide bonds. The number of hydrogen-bond donors (Lipinski definition) is 2. The maximum Gasteiger partial charge on any atom is 0.129 e. The molecule has 2 aromatic rings. The van der Waals surface area contributed by atoms with Crippen molar-refractivity contribution in [3.8, 4) is 0 Å². The number of aliphatic hydroxyl groups excluding tert-OH is 1. The van der Waals surface area contributed by atoms with Crippen LogP contribution >= 0.6 is 0 Å². The van der Waals surface area contributed by atoms with Crippen LogP contribution in [0.3, 0.4) is 0 Å². The summed E-state index contributed by atoms with van der Waals surface area (Å²) in [5.74, 6) is -1.28. The first kappa shape index (κ1) is 15.1. The van der Waals surface area contributed by atoms with E-state index in [4.69, 9.17) is 0 Å². The lowest BCUT2D eigenvalue weighted by molar-refractivity contribution is -0.0330. The first-order valence-electron chi connectivity index (χ1n) is 7.20. The maximum absolute atomic E-state index is 13.6. The van der Waals surface area contributed by atoms with Gasteiger partial charge in [0.05, 0.1) is 17.8 Å². The van der Waals surface area contributed by atoms with Gasteiger partial charge in [-0.15, -0.1) is 5.10 Å². The molecule has 118 valence electrons. The number of hydrogen-bond acceptors (Lipinski definition) is 4. The molecule has 1 aliphatic carbocycles. The topological polar surface area (TPSA) is 71.2 Å². The fraction of sp³-hybridized carbons (Fsp3) is 0.467. The zero-order chi connectivity index (χ0) is 15.7. The minimum absolute atomic E-state index is 0.0359. The molecule has 1 aromatic carbocycles. The van der Waals surface area contributed by atoms with E-state index in [0.29, 0.717) is 12.1 Å². The fourth-order valence-corrected chi connectivity index (χ4v) is 2.65. The summed E-state index contributed by atoms with van der Waals surface area (Å²) in [6.45, 7) is -0.0359. The van der Waals surface area contributed by atoms with Crippen molar-refractivity contribution in [1.29, 1.82) is 0 Å². The van der Waals surface area contributed by atoms with Gasteiger partial charge in [-0.2, -0.15) is 0 Å². The van der Waals surface area contributed by atoms with Gasteiger partial charge in [-0.25, -0.2) is 13.5 Å². The summed E-state index contributed by atoms with van der Waals surface area (Å²) >= 11 is 0. The second kappa shape index (κ2) is 5.73. The van der Waals surface area contributed by atoms with Gasteiger partial charge in [0.1, 0.15) is 17.7 Å². The first-order chi connectivity index (χ1) is 10.5. The van der Waals surface area contributed by atoms with Gasteiger partial charge in [-0.1, -0.05) is 5.21 Å². The number of benzene rings is 1. The van der Waals surface area contributed by atoms with Gasteiger partial charge in [0, 0.05) is 18.2 Å². The van der Waals surface area contributed by atoms with E-state index in [1.165, 1.54) is 4.68 Å². The fourth-order valence-electron chi connectivity index (χ4n) is 2.65. The van der Waals surface area contributed by atoms with Crippen molar-refractivity contribution in [3.05, 3.63) is 47.3 Å². The average Bonchev–Trinajstić information content (AvgIpc) is 2.86. The van der Waals surface area contributed by atoms with Gasteiger partial charge in [0.15, 0.2) is 0 Å². The molecule has 0 bridgehead atoms. The van der Waals surface area contributed by atoms with Crippen LogP contribution in [0.4, 0.5) is 8.78 Å². The molecule has 3 rings (SSSR count). The van der Waals surface area contributed by atoms with E-state index in [-0.39, 0.29) is 12.1 Å². The zero-order valence-electron chi connectivity index (χ0n) is 11.9. The molecule has 1 atom stereocenters. The van der Waals surface area contributed by atoms with Crippen LogP contribution in [-0.2, 0) is 13.0 Å². The van der Waals surface area contributed by atoms with Crippen molar-refractivity contribution in [2.75, 3.05) is 0 Å². The molecule has 1 unspecified atom stereocenters. The van der Waals surface area contributed by atoms with Crippen LogP contribution in [0.1, 0.15) is 36.6 Å². The van der Waals surface area contributed by atoms with Crippen LogP contribution in [-0.4, -0.2) is 30.8 Å². The monoisotopic (exact) mass is 309 g/mol. The summed E-state index contributed by atoms with van der Waals surface area (Å²) in [5, 5.41) is 27.9. The highest BCUT2D eigenvalue weighted by Gasteiger charge is 2.35. The van der Waals surface area contributed by atoms with Crippen LogP contribution in [0.5, 0.6) is 0 Å². The Kier molecular flexibility index (Phi) is 3.92. The lowest BCUT2D eigenvalue weighted by atomic mass is 9.77. The minimum atomic E-state index is -1.22. The Bertz CT molecular complexity index is 671. The quantitative estimate of drug-likeness (QED) is 0.882. The Morgan fingerprint density at radius 2 is 2.09 bits per heavy atom. The molecule has 22 heavy (non-hydrogen) atoms. The summed E-state index contributed by atoms with van der Waals surface area (Å²) in [4.78, 5) is 0. The smallest absolute Gasteiger partial charge is 0.129 e. The molecule has 1 saturated carbocycles. The van der Waals surface area contributed by atoms with E-state index in [1.807, 2.05) is 0 Å². The van der Waals surface area contributed by atoms with Gasteiger partial charge < -0.3 is 10.2 Å². The van der Waals surface area contributed by atoms with Crippen molar-refractivity contribution in [2.24, 2.45) is 0 Å². The second-order valence-corrected chi connectivity index (χ2v) is 5.87. The van der Waals surface area contributed by atoms with E-state index in [2.05, 4.69) is 10.3 Å². The van der Waals surface area contributed by atoms with Gasteiger partial charge in [0.25, 0.3) is 0 Å². The molecule has 0 radical (unpaired) electrons. The van der Waals surface area contributed by atoms with Crippen LogP contribution in [0.2, 0.25) is 0 Å². The molecule has 7 heteroatoms. The predicted molar refractivity (Wildman–Crippen MR) is 73.8 cm³/mol. The lowest BCUT2D eigenvalue weighted by Crippen LogP contribution is -2.39. The van der Waals surface area contributed by atoms with Crippen LogP contribution in [0.25, 0.3) is 0 Å². The normalized spacial score (nSPS) is 18.0. The molecule has 5 nitrogen and oxygen atoms in total. The lowest BCUT2D eigenvalue weighted by Gasteiger charge is -2.35.